The average Bonchev–Trinajstić information content (AvgIpc) is 2.32. The van der Waals surface area contributed by atoms with Gasteiger partial charge in [-0.2, -0.15) is 0 Å². The van der Waals surface area contributed by atoms with Crippen LogP contribution in [0.25, 0.3) is 0 Å². The summed E-state index contributed by atoms with van der Waals surface area (Å²) in [4.78, 5) is 13.2. The summed E-state index contributed by atoms with van der Waals surface area (Å²) in [5.74, 6) is 0.335. The van der Waals surface area contributed by atoms with Gasteiger partial charge in [-0.3, -0.25) is 9.69 Å². The van der Waals surface area contributed by atoms with Gasteiger partial charge in [0.1, 0.15) is 5.75 Å². The number of ether oxygens (including phenoxy) is 1. The fourth-order valence-electron chi connectivity index (χ4n) is 1.96. The monoisotopic (exact) mass is 234 g/mol. The average molecular weight is 234 g/mol. The van der Waals surface area contributed by atoms with Gasteiger partial charge in [-0.1, -0.05) is 12.1 Å². The first-order chi connectivity index (χ1) is 8.24. The van der Waals surface area contributed by atoms with Crippen LogP contribution in [0.3, 0.4) is 0 Å². The summed E-state index contributed by atoms with van der Waals surface area (Å²) in [7, 11) is 0. The molecular weight excluding hydrogens is 216 g/mol. The summed E-state index contributed by atoms with van der Waals surface area (Å²) in [6.45, 7) is 6.67. The van der Waals surface area contributed by atoms with Crippen molar-refractivity contribution in [2.75, 3.05) is 26.2 Å². The summed E-state index contributed by atoms with van der Waals surface area (Å²) in [6, 6.07) is 7.72. The quantitative estimate of drug-likeness (QED) is 0.626. The molecule has 92 valence electrons. The lowest BCUT2D eigenvalue weighted by Gasteiger charge is -2.27. The van der Waals surface area contributed by atoms with Crippen LogP contribution in [0, 0.1) is 0 Å². The van der Waals surface area contributed by atoms with Crippen LogP contribution in [0.4, 0.5) is 0 Å². The smallest absolute Gasteiger partial charge is 0.308 e. The van der Waals surface area contributed by atoms with Crippen molar-refractivity contribution in [3.63, 3.8) is 0 Å². The van der Waals surface area contributed by atoms with E-state index in [2.05, 4.69) is 10.2 Å². The summed E-state index contributed by atoms with van der Waals surface area (Å²) < 4.78 is 5.00. The summed E-state index contributed by atoms with van der Waals surface area (Å²) in [5.41, 5.74) is 1.25. The van der Waals surface area contributed by atoms with Crippen molar-refractivity contribution in [3.05, 3.63) is 29.8 Å². The second-order valence-corrected chi connectivity index (χ2v) is 4.26. The Hall–Kier alpha value is -1.39. The lowest BCUT2D eigenvalue weighted by atomic mass is 10.2. The number of carbonyl (C=O) groups is 1. The number of carbonyl (C=O) groups excluding carboxylic acids is 1. The van der Waals surface area contributed by atoms with E-state index >= 15 is 0 Å². The van der Waals surface area contributed by atoms with Crippen LogP contribution in [0.1, 0.15) is 12.5 Å². The molecule has 1 aliphatic rings. The third kappa shape index (κ3) is 3.84. The molecule has 0 atom stereocenters. The molecule has 2 rings (SSSR count). The first kappa shape index (κ1) is 12.1. The van der Waals surface area contributed by atoms with Gasteiger partial charge in [0.05, 0.1) is 0 Å². The van der Waals surface area contributed by atoms with Crippen molar-refractivity contribution in [2.45, 2.75) is 13.5 Å². The minimum Gasteiger partial charge on any atom is -0.427 e. The van der Waals surface area contributed by atoms with Crippen molar-refractivity contribution in [2.24, 2.45) is 0 Å². The molecule has 0 bridgehead atoms. The molecule has 1 aromatic carbocycles. The SMILES string of the molecule is CC(=O)Oc1ccc(CN2CCNCC2)cc1. The molecule has 1 fully saturated rings. The molecule has 1 heterocycles. The predicted octanol–water partition coefficient (Wildman–Crippen LogP) is 1.02. The van der Waals surface area contributed by atoms with E-state index in [1.807, 2.05) is 24.3 Å². The maximum absolute atomic E-state index is 10.8. The molecule has 4 heteroatoms. The van der Waals surface area contributed by atoms with E-state index in [-0.39, 0.29) is 5.97 Å². The molecule has 0 aliphatic carbocycles. The Labute approximate surface area is 102 Å². The second kappa shape index (κ2) is 5.80. The molecule has 0 saturated carbocycles. The third-order valence-corrected chi connectivity index (χ3v) is 2.80. The lowest BCUT2D eigenvalue weighted by Crippen LogP contribution is -2.42. The molecule has 0 unspecified atom stereocenters. The maximum atomic E-state index is 10.8. The number of hydrogen-bond acceptors (Lipinski definition) is 4. The molecule has 0 spiro atoms. The third-order valence-electron chi connectivity index (χ3n) is 2.80. The highest BCUT2D eigenvalue weighted by molar-refractivity contribution is 5.69. The standard InChI is InChI=1S/C13H18N2O2/c1-11(16)17-13-4-2-12(3-5-13)10-15-8-6-14-7-9-15/h2-5,14H,6-10H2,1H3. The summed E-state index contributed by atoms with van der Waals surface area (Å²) in [5, 5.41) is 3.33. The molecule has 4 nitrogen and oxygen atoms in total. The first-order valence-electron chi connectivity index (χ1n) is 5.94. The number of benzene rings is 1. The van der Waals surface area contributed by atoms with Crippen LogP contribution in [0.2, 0.25) is 0 Å². The van der Waals surface area contributed by atoms with Gasteiger partial charge >= 0.3 is 5.97 Å². The number of rotatable bonds is 3. The highest BCUT2D eigenvalue weighted by Gasteiger charge is 2.09. The van der Waals surface area contributed by atoms with Crippen molar-refractivity contribution < 1.29 is 9.53 Å². The molecule has 1 saturated heterocycles. The minimum atomic E-state index is -0.278. The molecule has 1 N–H and O–H groups in total. The molecule has 1 aromatic rings. The maximum Gasteiger partial charge on any atom is 0.308 e. The fourth-order valence-corrected chi connectivity index (χ4v) is 1.96. The van der Waals surface area contributed by atoms with E-state index in [9.17, 15) is 4.79 Å². The Morgan fingerprint density at radius 3 is 2.53 bits per heavy atom. The fraction of sp³-hybridized carbons (Fsp3) is 0.462. The van der Waals surface area contributed by atoms with Crippen LogP contribution < -0.4 is 10.1 Å². The summed E-state index contributed by atoms with van der Waals surface area (Å²) in [6.07, 6.45) is 0. The number of piperazine rings is 1. The van der Waals surface area contributed by atoms with Crippen LogP contribution in [0.15, 0.2) is 24.3 Å². The zero-order valence-corrected chi connectivity index (χ0v) is 10.1. The van der Waals surface area contributed by atoms with Crippen molar-refractivity contribution in [3.8, 4) is 5.75 Å². The Bertz CT molecular complexity index is 370. The van der Waals surface area contributed by atoms with Crippen LogP contribution in [0.5, 0.6) is 5.75 Å². The van der Waals surface area contributed by atoms with Gasteiger partial charge < -0.3 is 10.1 Å². The number of esters is 1. The Morgan fingerprint density at radius 1 is 1.29 bits per heavy atom. The van der Waals surface area contributed by atoms with Crippen LogP contribution >= 0.6 is 0 Å². The Kier molecular flexibility index (Phi) is 4.12. The van der Waals surface area contributed by atoms with Gasteiger partial charge in [-0.15, -0.1) is 0 Å². The van der Waals surface area contributed by atoms with Crippen molar-refractivity contribution in [1.82, 2.24) is 10.2 Å². The van der Waals surface area contributed by atoms with Gasteiger partial charge in [0.15, 0.2) is 0 Å². The van der Waals surface area contributed by atoms with E-state index in [0.29, 0.717) is 5.75 Å². The second-order valence-electron chi connectivity index (χ2n) is 4.26. The highest BCUT2D eigenvalue weighted by atomic mass is 16.5. The lowest BCUT2D eigenvalue weighted by molar-refractivity contribution is -0.131. The van der Waals surface area contributed by atoms with Crippen LogP contribution in [-0.2, 0) is 11.3 Å². The Morgan fingerprint density at radius 2 is 1.94 bits per heavy atom. The minimum absolute atomic E-state index is 0.278. The molecule has 1 aliphatic heterocycles. The molecule has 0 amide bonds. The van der Waals surface area contributed by atoms with Gasteiger partial charge in [0.25, 0.3) is 0 Å². The molecule has 0 aromatic heterocycles. The van der Waals surface area contributed by atoms with Gasteiger partial charge in [0, 0.05) is 39.6 Å². The van der Waals surface area contributed by atoms with E-state index in [0.717, 1.165) is 32.7 Å². The number of nitrogens with zero attached hydrogens (tertiary/aromatic N) is 1. The topological polar surface area (TPSA) is 41.6 Å². The largest absolute Gasteiger partial charge is 0.427 e. The zero-order chi connectivity index (χ0) is 12.1. The van der Waals surface area contributed by atoms with E-state index in [1.54, 1.807) is 0 Å². The summed E-state index contributed by atoms with van der Waals surface area (Å²) >= 11 is 0. The predicted molar refractivity (Wildman–Crippen MR) is 65.9 cm³/mol. The van der Waals surface area contributed by atoms with Gasteiger partial charge in [-0.05, 0) is 17.7 Å². The van der Waals surface area contributed by atoms with E-state index in [1.165, 1.54) is 12.5 Å². The van der Waals surface area contributed by atoms with E-state index in [4.69, 9.17) is 4.74 Å². The van der Waals surface area contributed by atoms with Gasteiger partial charge in [-0.25, -0.2) is 0 Å². The van der Waals surface area contributed by atoms with Gasteiger partial charge in [0.2, 0.25) is 0 Å². The number of hydrogen-bond donors (Lipinski definition) is 1. The molecular formula is C13H18N2O2. The number of nitrogens with one attached hydrogen (secondary N) is 1. The molecule has 0 radical (unpaired) electrons. The molecule has 17 heavy (non-hydrogen) atoms. The normalized spacial score (nSPS) is 16.8. The van der Waals surface area contributed by atoms with Crippen LogP contribution in [-0.4, -0.2) is 37.0 Å². The van der Waals surface area contributed by atoms with Crippen molar-refractivity contribution in [1.29, 1.82) is 0 Å². The van der Waals surface area contributed by atoms with E-state index < -0.39 is 0 Å². The zero-order valence-electron chi connectivity index (χ0n) is 10.1. The highest BCUT2D eigenvalue weighted by Crippen LogP contribution is 2.14. The van der Waals surface area contributed by atoms with Crippen molar-refractivity contribution >= 4 is 5.97 Å². The Balaban J connectivity index is 1.90. The first-order valence-corrected chi connectivity index (χ1v) is 5.94.